The van der Waals surface area contributed by atoms with Gasteiger partial charge < -0.3 is 18.9 Å². The van der Waals surface area contributed by atoms with E-state index in [0.717, 1.165) is 43.9 Å². The predicted molar refractivity (Wildman–Crippen MR) is 94.5 cm³/mol. The molecule has 4 rings (SSSR count). The molecule has 2 fully saturated rings. The van der Waals surface area contributed by atoms with Crippen LogP contribution in [0.15, 0.2) is 9.05 Å². The second-order valence-electron chi connectivity index (χ2n) is 7.53. The SMILES string of the molecule is Cc1noc(C[C@@H]2C[C@H]3CN(Cc4c(C)noc4C)C[C@H]3O2)n1.O=C(O)C(F)(F)F. The van der Waals surface area contributed by atoms with Crippen molar-refractivity contribution in [3.63, 3.8) is 0 Å². The van der Waals surface area contributed by atoms with Crippen molar-refractivity contribution < 1.29 is 36.9 Å². The Morgan fingerprint density at radius 2 is 1.90 bits per heavy atom. The quantitative estimate of drug-likeness (QED) is 0.778. The van der Waals surface area contributed by atoms with E-state index in [1.54, 1.807) is 0 Å². The van der Waals surface area contributed by atoms with Crippen molar-refractivity contribution in [1.29, 1.82) is 0 Å². The highest BCUT2D eigenvalue weighted by Crippen LogP contribution is 2.35. The van der Waals surface area contributed by atoms with E-state index < -0.39 is 12.1 Å². The lowest BCUT2D eigenvalue weighted by Crippen LogP contribution is -2.25. The van der Waals surface area contributed by atoms with Gasteiger partial charge in [-0.1, -0.05) is 10.3 Å². The van der Waals surface area contributed by atoms with Crippen LogP contribution in [0.5, 0.6) is 0 Å². The van der Waals surface area contributed by atoms with Crippen LogP contribution in [0.25, 0.3) is 0 Å². The smallest absolute Gasteiger partial charge is 0.475 e. The van der Waals surface area contributed by atoms with Gasteiger partial charge in [-0.2, -0.15) is 18.2 Å². The van der Waals surface area contributed by atoms with E-state index in [-0.39, 0.29) is 6.10 Å². The van der Waals surface area contributed by atoms with Crippen molar-refractivity contribution in [2.24, 2.45) is 5.92 Å². The van der Waals surface area contributed by atoms with Gasteiger partial charge in [0, 0.05) is 31.1 Å². The number of halogens is 3. The molecular formula is C18H23F3N4O5. The number of hydrogen-bond donors (Lipinski definition) is 1. The summed E-state index contributed by atoms with van der Waals surface area (Å²) in [5.74, 6) is 0.117. The minimum absolute atomic E-state index is 0.200. The van der Waals surface area contributed by atoms with Gasteiger partial charge >= 0.3 is 12.1 Å². The fourth-order valence-corrected chi connectivity index (χ4v) is 3.78. The number of likely N-dealkylation sites (tertiary alicyclic amines) is 1. The van der Waals surface area contributed by atoms with E-state index >= 15 is 0 Å². The van der Waals surface area contributed by atoms with Crippen molar-refractivity contribution >= 4 is 5.97 Å². The molecule has 30 heavy (non-hydrogen) atoms. The monoisotopic (exact) mass is 432 g/mol. The first-order valence-corrected chi connectivity index (χ1v) is 9.41. The number of rotatable bonds is 4. The minimum atomic E-state index is -5.08. The summed E-state index contributed by atoms with van der Waals surface area (Å²) in [6.07, 6.45) is -2.79. The second kappa shape index (κ2) is 8.72. The molecule has 4 heterocycles. The van der Waals surface area contributed by atoms with Crippen LogP contribution >= 0.6 is 0 Å². The number of hydrogen-bond acceptors (Lipinski definition) is 8. The van der Waals surface area contributed by atoms with Crippen LogP contribution in [0.2, 0.25) is 0 Å². The highest BCUT2D eigenvalue weighted by atomic mass is 19.4. The topological polar surface area (TPSA) is 115 Å². The van der Waals surface area contributed by atoms with Gasteiger partial charge in [0.25, 0.3) is 0 Å². The molecule has 1 N–H and O–H groups in total. The molecule has 2 aliphatic heterocycles. The molecule has 0 bridgehead atoms. The molecule has 0 amide bonds. The summed E-state index contributed by atoms with van der Waals surface area (Å²) >= 11 is 0. The molecular weight excluding hydrogens is 409 g/mol. The first-order chi connectivity index (χ1) is 14.0. The zero-order chi connectivity index (χ0) is 22.1. The molecule has 0 aromatic carbocycles. The number of carbonyl (C=O) groups is 1. The number of carboxylic acids is 1. The Hall–Kier alpha value is -2.47. The predicted octanol–water partition coefficient (Wildman–Crippen LogP) is 2.45. The number of aryl methyl sites for hydroxylation is 3. The summed E-state index contributed by atoms with van der Waals surface area (Å²) in [6, 6.07) is 0. The minimum Gasteiger partial charge on any atom is -0.475 e. The molecule has 0 saturated carbocycles. The number of ether oxygens (including phenoxy) is 1. The highest BCUT2D eigenvalue weighted by Gasteiger charge is 2.42. The van der Waals surface area contributed by atoms with Crippen molar-refractivity contribution in [1.82, 2.24) is 20.2 Å². The summed E-state index contributed by atoms with van der Waals surface area (Å²) in [4.78, 5) is 15.6. The summed E-state index contributed by atoms with van der Waals surface area (Å²) in [5.41, 5.74) is 2.20. The number of aliphatic carboxylic acids is 1. The molecule has 2 saturated heterocycles. The zero-order valence-corrected chi connectivity index (χ0v) is 16.8. The van der Waals surface area contributed by atoms with Gasteiger partial charge in [-0.3, -0.25) is 4.90 Å². The van der Waals surface area contributed by atoms with Gasteiger partial charge in [0.15, 0.2) is 5.82 Å². The Labute approximate surface area is 170 Å². The number of carboxylic acid groups (broad SMARTS) is 1. The lowest BCUT2D eigenvalue weighted by molar-refractivity contribution is -0.192. The molecule has 166 valence electrons. The van der Waals surface area contributed by atoms with E-state index in [9.17, 15) is 13.2 Å². The normalized spacial score (nSPS) is 23.9. The average molecular weight is 432 g/mol. The van der Waals surface area contributed by atoms with E-state index in [1.165, 1.54) is 5.56 Å². The van der Waals surface area contributed by atoms with E-state index in [2.05, 4.69) is 20.2 Å². The third-order valence-corrected chi connectivity index (χ3v) is 5.17. The van der Waals surface area contributed by atoms with Gasteiger partial charge in [-0.05, 0) is 27.2 Å². The van der Waals surface area contributed by atoms with E-state index in [0.29, 0.717) is 23.7 Å². The van der Waals surface area contributed by atoms with E-state index in [1.807, 2.05) is 20.8 Å². The zero-order valence-electron chi connectivity index (χ0n) is 16.8. The lowest BCUT2D eigenvalue weighted by Gasteiger charge is -2.18. The van der Waals surface area contributed by atoms with Crippen LogP contribution in [0.3, 0.4) is 0 Å². The summed E-state index contributed by atoms with van der Waals surface area (Å²) < 4.78 is 48.4. The van der Waals surface area contributed by atoms with Crippen LogP contribution in [0.4, 0.5) is 13.2 Å². The molecule has 0 unspecified atom stereocenters. The lowest BCUT2D eigenvalue weighted by atomic mass is 10.0. The number of fused-ring (bicyclic) bond motifs is 1. The Bertz CT molecular complexity index is 848. The van der Waals surface area contributed by atoms with Gasteiger partial charge in [-0.15, -0.1) is 0 Å². The largest absolute Gasteiger partial charge is 0.490 e. The molecule has 0 radical (unpaired) electrons. The summed E-state index contributed by atoms with van der Waals surface area (Å²) in [5, 5.41) is 15.0. The van der Waals surface area contributed by atoms with E-state index in [4.69, 9.17) is 23.7 Å². The van der Waals surface area contributed by atoms with Crippen molar-refractivity contribution in [2.75, 3.05) is 13.1 Å². The molecule has 12 heteroatoms. The average Bonchev–Trinajstić information content (AvgIpc) is 3.37. The third-order valence-electron chi connectivity index (χ3n) is 5.17. The molecule has 2 aliphatic rings. The molecule has 2 aromatic heterocycles. The van der Waals surface area contributed by atoms with Gasteiger partial charge in [0.2, 0.25) is 5.89 Å². The van der Waals surface area contributed by atoms with Crippen LogP contribution in [-0.4, -0.2) is 62.7 Å². The Morgan fingerprint density at radius 3 is 2.40 bits per heavy atom. The Balaban J connectivity index is 0.000000318. The van der Waals surface area contributed by atoms with Crippen LogP contribution in [0, 0.1) is 26.7 Å². The number of alkyl halides is 3. The number of aromatic nitrogens is 3. The maximum absolute atomic E-state index is 10.6. The first-order valence-electron chi connectivity index (χ1n) is 9.41. The van der Waals surface area contributed by atoms with Crippen LogP contribution < -0.4 is 0 Å². The Morgan fingerprint density at radius 1 is 1.20 bits per heavy atom. The van der Waals surface area contributed by atoms with Crippen LogP contribution in [-0.2, 0) is 22.5 Å². The van der Waals surface area contributed by atoms with Gasteiger partial charge in [-0.25, -0.2) is 4.79 Å². The van der Waals surface area contributed by atoms with Gasteiger partial charge in [0.1, 0.15) is 5.76 Å². The van der Waals surface area contributed by atoms with Gasteiger partial charge in [0.05, 0.1) is 24.3 Å². The number of nitrogens with zero attached hydrogens (tertiary/aromatic N) is 4. The maximum atomic E-state index is 10.6. The highest BCUT2D eigenvalue weighted by molar-refractivity contribution is 5.73. The molecule has 0 spiro atoms. The summed E-state index contributed by atoms with van der Waals surface area (Å²) in [6.45, 7) is 8.74. The fraction of sp³-hybridized carbons (Fsp3) is 0.667. The van der Waals surface area contributed by atoms with Crippen LogP contribution in [0.1, 0.15) is 35.2 Å². The first kappa shape index (κ1) is 22.2. The maximum Gasteiger partial charge on any atom is 0.490 e. The van der Waals surface area contributed by atoms with Crippen molar-refractivity contribution in [3.05, 3.63) is 28.7 Å². The molecule has 0 aliphatic carbocycles. The molecule has 9 nitrogen and oxygen atoms in total. The Kier molecular flexibility index (Phi) is 6.46. The molecule has 2 aromatic rings. The summed E-state index contributed by atoms with van der Waals surface area (Å²) in [7, 11) is 0. The van der Waals surface area contributed by atoms with Crippen molar-refractivity contribution in [3.8, 4) is 0 Å². The third kappa shape index (κ3) is 5.36. The molecule has 3 atom stereocenters. The second-order valence-corrected chi connectivity index (χ2v) is 7.53. The standard InChI is InChI=1S/C16H22N4O3.C2HF3O2/c1-9-14(10(2)22-18-9)7-20-6-12-4-13(21-15(12)8-20)5-16-17-11(3)19-23-16;3-2(4,5)1(6)7/h12-13,15H,4-8H2,1-3H3;(H,6,7)/t12-,13-,15+;/m0./s1. The fourth-order valence-electron chi connectivity index (χ4n) is 3.78. The van der Waals surface area contributed by atoms with Crippen molar-refractivity contribution in [2.45, 2.75) is 58.5 Å².